The van der Waals surface area contributed by atoms with Gasteiger partial charge in [-0.25, -0.2) is 4.79 Å². The first kappa shape index (κ1) is 20.4. The third kappa shape index (κ3) is 4.93. The van der Waals surface area contributed by atoms with Crippen LogP contribution in [0, 0.1) is 6.92 Å². The molecule has 2 aromatic rings. The van der Waals surface area contributed by atoms with E-state index in [4.69, 9.17) is 4.74 Å². The van der Waals surface area contributed by atoms with Gasteiger partial charge >= 0.3 is 6.09 Å². The molecule has 1 fully saturated rings. The fourth-order valence-corrected chi connectivity index (χ4v) is 3.91. The van der Waals surface area contributed by atoms with Crippen molar-refractivity contribution in [3.63, 3.8) is 0 Å². The van der Waals surface area contributed by atoms with E-state index >= 15 is 0 Å². The van der Waals surface area contributed by atoms with Gasteiger partial charge < -0.3 is 15.0 Å². The zero-order valence-corrected chi connectivity index (χ0v) is 17.3. The number of rotatable bonds is 5. The molecular weight excluding hydrogens is 354 g/mol. The topological polar surface area (TPSA) is 74.4 Å². The van der Waals surface area contributed by atoms with Crippen LogP contribution in [0.5, 0.6) is 0 Å². The number of para-hydroxylation sites is 1. The molecule has 1 aliphatic rings. The summed E-state index contributed by atoms with van der Waals surface area (Å²) in [5.41, 5.74) is 2.16. The highest BCUT2D eigenvalue weighted by atomic mass is 16.6. The van der Waals surface area contributed by atoms with Gasteiger partial charge in [-0.05, 0) is 53.1 Å². The monoisotopic (exact) mass is 385 g/mol. The molecule has 1 unspecified atom stereocenters. The van der Waals surface area contributed by atoms with Crippen LogP contribution in [-0.2, 0) is 4.74 Å². The predicted octanol–water partition coefficient (Wildman–Crippen LogP) is 4.04. The van der Waals surface area contributed by atoms with Crippen molar-refractivity contribution in [2.75, 3.05) is 19.6 Å². The normalized spacial score (nSPS) is 18.2. The lowest BCUT2D eigenvalue weighted by Crippen LogP contribution is -2.49. The van der Waals surface area contributed by atoms with Crippen LogP contribution in [0.4, 0.5) is 4.79 Å². The Morgan fingerprint density at radius 2 is 2.00 bits per heavy atom. The molecule has 152 valence electrons. The smallest absolute Gasteiger partial charge is 0.407 e. The number of fused-ring (bicyclic) bond motifs is 1. The SMILES string of the molecule is Cc1[nH]c2ccccc2c1C(=O)CN1CCCCC1CNC(=O)OC(C)(C)C. The van der Waals surface area contributed by atoms with Crippen LogP contribution in [0.3, 0.4) is 0 Å². The van der Waals surface area contributed by atoms with Crippen molar-refractivity contribution in [3.05, 3.63) is 35.5 Å². The fraction of sp³-hybridized carbons (Fsp3) is 0.545. The van der Waals surface area contributed by atoms with Crippen molar-refractivity contribution in [1.29, 1.82) is 0 Å². The van der Waals surface area contributed by atoms with E-state index in [9.17, 15) is 9.59 Å². The summed E-state index contributed by atoms with van der Waals surface area (Å²) in [6.07, 6.45) is 2.74. The summed E-state index contributed by atoms with van der Waals surface area (Å²) in [7, 11) is 0. The Morgan fingerprint density at radius 3 is 2.75 bits per heavy atom. The number of hydrogen-bond acceptors (Lipinski definition) is 4. The minimum absolute atomic E-state index is 0.124. The lowest BCUT2D eigenvalue weighted by molar-refractivity contribution is 0.0495. The number of benzene rings is 1. The van der Waals surface area contributed by atoms with Gasteiger partial charge in [-0.1, -0.05) is 24.6 Å². The third-order valence-electron chi connectivity index (χ3n) is 5.15. The van der Waals surface area contributed by atoms with Crippen molar-refractivity contribution in [3.8, 4) is 0 Å². The number of alkyl carbamates (subject to hydrolysis) is 1. The first-order valence-electron chi connectivity index (χ1n) is 10.1. The predicted molar refractivity (Wildman–Crippen MR) is 111 cm³/mol. The Morgan fingerprint density at radius 1 is 1.25 bits per heavy atom. The number of nitrogens with one attached hydrogen (secondary N) is 2. The third-order valence-corrected chi connectivity index (χ3v) is 5.15. The number of carbonyl (C=O) groups excluding carboxylic acids is 2. The van der Waals surface area contributed by atoms with E-state index in [1.165, 1.54) is 0 Å². The largest absolute Gasteiger partial charge is 0.444 e. The van der Waals surface area contributed by atoms with Crippen LogP contribution in [0.2, 0.25) is 0 Å². The summed E-state index contributed by atoms with van der Waals surface area (Å²) in [6.45, 7) is 9.22. The number of aromatic nitrogens is 1. The second-order valence-corrected chi connectivity index (χ2v) is 8.60. The van der Waals surface area contributed by atoms with Crippen LogP contribution in [0.1, 0.15) is 56.1 Å². The summed E-state index contributed by atoms with van der Waals surface area (Å²) in [5, 5.41) is 3.84. The molecule has 1 amide bonds. The fourth-order valence-electron chi connectivity index (χ4n) is 3.91. The van der Waals surface area contributed by atoms with Gasteiger partial charge in [0.1, 0.15) is 5.60 Å². The first-order valence-corrected chi connectivity index (χ1v) is 10.1. The van der Waals surface area contributed by atoms with Gasteiger partial charge in [0.15, 0.2) is 5.78 Å². The average molecular weight is 386 g/mol. The number of ether oxygens (including phenoxy) is 1. The Hall–Kier alpha value is -2.34. The van der Waals surface area contributed by atoms with E-state index in [1.54, 1.807) is 0 Å². The van der Waals surface area contributed by atoms with Crippen LogP contribution < -0.4 is 5.32 Å². The van der Waals surface area contributed by atoms with Crippen molar-refractivity contribution in [1.82, 2.24) is 15.2 Å². The van der Waals surface area contributed by atoms with Crippen molar-refractivity contribution < 1.29 is 14.3 Å². The highest BCUT2D eigenvalue weighted by Crippen LogP contribution is 2.24. The number of aromatic amines is 1. The van der Waals surface area contributed by atoms with Crippen molar-refractivity contribution in [2.45, 2.75) is 58.6 Å². The zero-order valence-electron chi connectivity index (χ0n) is 17.3. The molecule has 6 heteroatoms. The van der Waals surface area contributed by atoms with Gasteiger partial charge in [0.25, 0.3) is 0 Å². The number of piperidine rings is 1. The minimum atomic E-state index is -0.515. The molecule has 0 aliphatic carbocycles. The number of hydrogen-bond donors (Lipinski definition) is 2. The van der Waals surface area contributed by atoms with Crippen LogP contribution in [0.25, 0.3) is 10.9 Å². The summed E-state index contributed by atoms with van der Waals surface area (Å²) in [5.74, 6) is 0.124. The quantitative estimate of drug-likeness (QED) is 0.762. The molecule has 3 rings (SSSR count). The molecule has 2 heterocycles. The van der Waals surface area contributed by atoms with E-state index in [0.717, 1.165) is 48.0 Å². The molecule has 0 radical (unpaired) electrons. The summed E-state index contributed by atoms with van der Waals surface area (Å²) < 4.78 is 5.33. The van der Waals surface area contributed by atoms with Gasteiger partial charge in [0.05, 0.1) is 6.54 Å². The molecule has 0 spiro atoms. The molecule has 2 N–H and O–H groups in total. The molecule has 1 saturated heterocycles. The Labute approximate surface area is 166 Å². The first-order chi connectivity index (χ1) is 13.2. The van der Waals surface area contributed by atoms with Gasteiger partial charge in [-0.2, -0.15) is 0 Å². The van der Waals surface area contributed by atoms with Crippen molar-refractivity contribution >= 4 is 22.8 Å². The van der Waals surface area contributed by atoms with Crippen molar-refractivity contribution in [2.24, 2.45) is 0 Å². The van der Waals surface area contributed by atoms with E-state index in [1.807, 2.05) is 52.0 Å². The van der Waals surface area contributed by atoms with Gasteiger partial charge in [0.2, 0.25) is 0 Å². The summed E-state index contributed by atoms with van der Waals surface area (Å²) >= 11 is 0. The highest BCUT2D eigenvalue weighted by molar-refractivity contribution is 6.10. The molecule has 1 aromatic carbocycles. The van der Waals surface area contributed by atoms with E-state index in [2.05, 4.69) is 15.2 Å². The number of likely N-dealkylation sites (tertiary alicyclic amines) is 1. The maximum absolute atomic E-state index is 13.1. The maximum atomic E-state index is 13.1. The van der Waals surface area contributed by atoms with Crippen LogP contribution >= 0.6 is 0 Å². The van der Waals surface area contributed by atoms with E-state index in [0.29, 0.717) is 13.1 Å². The minimum Gasteiger partial charge on any atom is -0.444 e. The second-order valence-electron chi connectivity index (χ2n) is 8.60. The number of Topliss-reactive ketones (excluding diaryl/α,β-unsaturated/α-hetero) is 1. The van der Waals surface area contributed by atoms with Gasteiger partial charge in [-0.3, -0.25) is 9.69 Å². The van der Waals surface area contributed by atoms with Crippen LogP contribution in [0.15, 0.2) is 24.3 Å². The second kappa shape index (κ2) is 8.35. The molecule has 0 saturated carbocycles. The van der Waals surface area contributed by atoms with E-state index in [-0.39, 0.29) is 11.8 Å². The van der Waals surface area contributed by atoms with Gasteiger partial charge in [-0.15, -0.1) is 0 Å². The van der Waals surface area contributed by atoms with Gasteiger partial charge in [0, 0.05) is 34.7 Å². The highest BCUT2D eigenvalue weighted by Gasteiger charge is 2.27. The molecule has 1 atom stereocenters. The number of aryl methyl sites for hydroxylation is 1. The Balaban J connectivity index is 1.66. The molecule has 1 aliphatic heterocycles. The Bertz CT molecular complexity index is 850. The zero-order chi connectivity index (χ0) is 20.3. The lowest BCUT2D eigenvalue weighted by Gasteiger charge is -2.35. The molecule has 1 aromatic heterocycles. The average Bonchev–Trinajstić information content (AvgIpc) is 2.95. The number of amides is 1. The number of ketones is 1. The van der Waals surface area contributed by atoms with E-state index < -0.39 is 11.7 Å². The summed E-state index contributed by atoms with van der Waals surface area (Å²) in [4.78, 5) is 30.6. The molecule has 6 nitrogen and oxygen atoms in total. The van der Waals surface area contributed by atoms with Crippen LogP contribution in [-0.4, -0.2) is 53.0 Å². The molecule has 0 bridgehead atoms. The number of nitrogens with zero attached hydrogens (tertiary/aromatic N) is 1. The molecule has 28 heavy (non-hydrogen) atoms. The number of carbonyl (C=O) groups is 2. The summed E-state index contributed by atoms with van der Waals surface area (Å²) in [6, 6.07) is 8.06. The standard InChI is InChI=1S/C22H31N3O3/c1-15-20(17-10-5-6-11-18(17)24-15)19(26)14-25-12-8-7-9-16(25)13-23-21(27)28-22(2,3)4/h5-6,10-11,16,24H,7-9,12-14H2,1-4H3,(H,23,27). The maximum Gasteiger partial charge on any atom is 0.407 e. The lowest BCUT2D eigenvalue weighted by atomic mass is 10.00. The molecular formula is C22H31N3O3. The Kier molecular flexibility index (Phi) is 6.08. The number of H-pyrrole nitrogens is 1.